The van der Waals surface area contributed by atoms with E-state index < -0.39 is 0 Å². The van der Waals surface area contributed by atoms with Crippen LogP contribution in [0.4, 0.5) is 0 Å². The van der Waals surface area contributed by atoms with Crippen LogP contribution in [0.3, 0.4) is 0 Å². The van der Waals surface area contributed by atoms with Crippen molar-refractivity contribution in [2.24, 2.45) is 0 Å². The monoisotopic (exact) mass is 423 g/mol. The molecule has 1 heterocycles. The predicted octanol–water partition coefficient (Wildman–Crippen LogP) is 6.37. The number of allylic oxidation sites excluding steroid dienone is 1. The zero-order valence-electron chi connectivity index (χ0n) is 18.0. The molecule has 32 heavy (non-hydrogen) atoms. The van der Waals surface area contributed by atoms with E-state index in [0.29, 0.717) is 30.3 Å². The van der Waals surface area contributed by atoms with Crippen molar-refractivity contribution >= 4 is 11.5 Å². The molecule has 1 aromatic heterocycles. The van der Waals surface area contributed by atoms with Gasteiger partial charge in [0.1, 0.15) is 24.7 Å². The molecule has 4 aromatic rings. The van der Waals surface area contributed by atoms with E-state index in [0.717, 1.165) is 22.3 Å². The van der Waals surface area contributed by atoms with Gasteiger partial charge in [-0.3, -0.25) is 9.36 Å². The Bertz CT molecular complexity index is 1200. The molecule has 4 rings (SSSR count). The maximum atomic E-state index is 13.2. The molecule has 0 aliphatic rings. The Labute approximate surface area is 188 Å². The van der Waals surface area contributed by atoms with Gasteiger partial charge in [-0.15, -0.1) is 0 Å². The summed E-state index contributed by atoms with van der Waals surface area (Å²) in [5.41, 5.74) is 4.12. The first-order valence-corrected chi connectivity index (χ1v) is 10.5. The normalized spacial score (nSPS) is 10.5. The third kappa shape index (κ3) is 4.98. The lowest BCUT2D eigenvalue weighted by Crippen LogP contribution is -2.13. The fourth-order valence-electron chi connectivity index (χ4n) is 3.38. The Morgan fingerprint density at radius 3 is 1.75 bits per heavy atom. The minimum Gasteiger partial charge on any atom is -0.488 e. The molecule has 0 saturated carbocycles. The van der Waals surface area contributed by atoms with E-state index in [2.05, 4.69) is 6.58 Å². The van der Waals surface area contributed by atoms with Crippen LogP contribution in [0.2, 0.25) is 0 Å². The standard InChI is InChI=1S/C28H25NO3/c1-21(2)24-17-25(28(30)29-15-9-10-16-29)27(32-20-23-13-7-4-8-14-23)18-26(24)31-19-22-11-5-3-6-12-22/h3-18H,1,19-20H2,2H3. The Hall–Kier alpha value is -4.05. The molecule has 0 N–H and O–H groups in total. The van der Waals surface area contributed by atoms with Crippen LogP contribution >= 0.6 is 0 Å². The van der Waals surface area contributed by atoms with E-state index in [4.69, 9.17) is 9.47 Å². The lowest BCUT2D eigenvalue weighted by atomic mass is 10.0. The van der Waals surface area contributed by atoms with Crippen LogP contribution < -0.4 is 9.47 Å². The Kier molecular flexibility index (Phi) is 6.52. The van der Waals surface area contributed by atoms with Gasteiger partial charge in [-0.2, -0.15) is 0 Å². The SMILES string of the molecule is C=C(C)c1cc(C(=O)n2cccc2)c(OCc2ccccc2)cc1OCc1ccccc1. The van der Waals surface area contributed by atoms with Crippen molar-refractivity contribution in [2.75, 3.05) is 0 Å². The first-order chi connectivity index (χ1) is 15.6. The Morgan fingerprint density at radius 1 is 0.750 bits per heavy atom. The lowest BCUT2D eigenvalue weighted by molar-refractivity contribution is 0.0955. The number of nitrogens with zero attached hydrogens (tertiary/aromatic N) is 1. The highest BCUT2D eigenvalue weighted by Gasteiger charge is 2.19. The molecule has 0 unspecified atom stereocenters. The van der Waals surface area contributed by atoms with E-state index in [1.54, 1.807) is 18.5 Å². The van der Waals surface area contributed by atoms with Crippen molar-refractivity contribution in [2.45, 2.75) is 20.1 Å². The van der Waals surface area contributed by atoms with E-state index in [1.165, 1.54) is 4.57 Å². The van der Waals surface area contributed by atoms with Gasteiger partial charge in [-0.1, -0.05) is 67.2 Å². The molecule has 0 fully saturated rings. The third-order valence-corrected chi connectivity index (χ3v) is 5.09. The summed E-state index contributed by atoms with van der Waals surface area (Å²) >= 11 is 0. The first kappa shape index (κ1) is 21.2. The summed E-state index contributed by atoms with van der Waals surface area (Å²) < 4.78 is 13.8. The summed E-state index contributed by atoms with van der Waals surface area (Å²) in [5.74, 6) is 0.934. The first-order valence-electron chi connectivity index (χ1n) is 10.5. The van der Waals surface area contributed by atoms with Gasteiger partial charge < -0.3 is 9.47 Å². The van der Waals surface area contributed by atoms with Crippen molar-refractivity contribution in [1.29, 1.82) is 0 Å². The second kappa shape index (κ2) is 9.84. The van der Waals surface area contributed by atoms with Crippen molar-refractivity contribution in [3.8, 4) is 11.5 Å². The van der Waals surface area contributed by atoms with Crippen molar-refractivity contribution in [1.82, 2.24) is 4.57 Å². The average Bonchev–Trinajstić information content (AvgIpc) is 3.37. The molecule has 160 valence electrons. The van der Waals surface area contributed by atoms with Gasteiger partial charge >= 0.3 is 0 Å². The molecule has 4 nitrogen and oxygen atoms in total. The van der Waals surface area contributed by atoms with Crippen molar-refractivity contribution < 1.29 is 14.3 Å². The molecule has 0 atom stereocenters. The van der Waals surface area contributed by atoms with E-state index in [1.807, 2.05) is 85.8 Å². The average molecular weight is 424 g/mol. The van der Waals surface area contributed by atoms with Gasteiger partial charge in [0.05, 0.1) is 5.56 Å². The fraction of sp³-hybridized carbons (Fsp3) is 0.107. The summed E-state index contributed by atoms with van der Waals surface area (Å²) in [6.07, 6.45) is 3.45. The summed E-state index contributed by atoms with van der Waals surface area (Å²) in [6.45, 7) is 6.74. The minimum absolute atomic E-state index is 0.171. The third-order valence-electron chi connectivity index (χ3n) is 5.09. The van der Waals surface area contributed by atoms with Gasteiger partial charge in [-0.25, -0.2) is 0 Å². The number of hydrogen-bond acceptors (Lipinski definition) is 3. The second-order valence-electron chi connectivity index (χ2n) is 7.57. The molecule has 0 saturated heterocycles. The summed E-state index contributed by atoms with van der Waals surface area (Å²) in [5, 5.41) is 0. The number of ether oxygens (including phenoxy) is 2. The molecule has 0 aliphatic carbocycles. The molecule has 0 aliphatic heterocycles. The minimum atomic E-state index is -0.171. The molecule has 0 radical (unpaired) electrons. The molecule has 3 aromatic carbocycles. The fourth-order valence-corrected chi connectivity index (χ4v) is 3.38. The summed E-state index contributed by atoms with van der Waals surface area (Å²) in [4.78, 5) is 13.2. The summed E-state index contributed by atoms with van der Waals surface area (Å²) in [6, 6.07) is 27.1. The van der Waals surface area contributed by atoms with Crippen LogP contribution in [-0.4, -0.2) is 10.5 Å². The van der Waals surface area contributed by atoms with Crippen LogP contribution in [0.1, 0.15) is 34.0 Å². The molecule has 0 amide bonds. The lowest BCUT2D eigenvalue weighted by Gasteiger charge is -2.18. The van der Waals surface area contributed by atoms with Gasteiger partial charge in [0.25, 0.3) is 5.91 Å². The molecular weight excluding hydrogens is 398 g/mol. The number of hydrogen-bond donors (Lipinski definition) is 0. The molecule has 0 bridgehead atoms. The second-order valence-corrected chi connectivity index (χ2v) is 7.57. The van der Waals surface area contributed by atoms with Crippen LogP contribution in [0.15, 0.2) is 104 Å². The van der Waals surface area contributed by atoms with Gasteiger partial charge in [0.2, 0.25) is 0 Å². The number of aromatic nitrogens is 1. The van der Waals surface area contributed by atoms with E-state index >= 15 is 0 Å². The topological polar surface area (TPSA) is 40.5 Å². The Balaban J connectivity index is 1.70. The van der Waals surface area contributed by atoms with E-state index in [-0.39, 0.29) is 5.91 Å². The van der Waals surface area contributed by atoms with Crippen molar-refractivity contribution in [3.63, 3.8) is 0 Å². The molecular formula is C28H25NO3. The predicted molar refractivity (Wildman–Crippen MR) is 127 cm³/mol. The van der Waals surface area contributed by atoms with Crippen LogP contribution in [-0.2, 0) is 13.2 Å². The quantitative estimate of drug-likeness (QED) is 0.331. The van der Waals surface area contributed by atoms with Crippen molar-refractivity contribution in [3.05, 3.63) is 126 Å². The summed E-state index contributed by atoms with van der Waals surface area (Å²) in [7, 11) is 0. The Morgan fingerprint density at radius 2 is 1.25 bits per heavy atom. The van der Waals surface area contributed by atoms with Crippen LogP contribution in [0.5, 0.6) is 11.5 Å². The zero-order chi connectivity index (χ0) is 22.3. The maximum Gasteiger partial charge on any atom is 0.265 e. The zero-order valence-corrected chi connectivity index (χ0v) is 18.0. The number of carbonyl (C=O) groups excluding carboxylic acids is 1. The number of rotatable bonds is 8. The van der Waals surface area contributed by atoms with Gasteiger partial charge in [0.15, 0.2) is 0 Å². The van der Waals surface area contributed by atoms with Gasteiger partial charge in [0, 0.05) is 24.0 Å². The highest BCUT2D eigenvalue weighted by Crippen LogP contribution is 2.34. The largest absolute Gasteiger partial charge is 0.488 e. The molecule has 4 heteroatoms. The highest BCUT2D eigenvalue weighted by molar-refractivity contribution is 5.99. The number of carbonyl (C=O) groups is 1. The van der Waals surface area contributed by atoms with Gasteiger partial charge in [-0.05, 0) is 41.8 Å². The smallest absolute Gasteiger partial charge is 0.265 e. The molecule has 0 spiro atoms. The maximum absolute atomic E-state index is 13.2. The van der Waals surface area contributed by atoms with E-state index in [9.17, 15) is 4.79 Å². The number of benzene rings is 3. The van der Waals surface area contributed by atoms with Crippen LogP contribution in [0, 0.1) is 0 Å². The van der Waals surface area contributed by atoms with Crippen LogP contribution in [0.25, 0.3) is 5.57 Å². The highest BCUT2D eigenvalue weighted by atomic mass is 16.5.